The van der Waals surface area contributed by atoms with Crippen LogP contribution in [0.3, 0.4) is 0 Å². The predicted octanol–water partition coefficient (Wildman–Crippen LogP) is 1.38. The molecule has 0 atom stereocenters. The third-order valence-electron chi connectivity index (χ3n) is 2.51. The van der Waals surface area contributed by atoms with Crippen LogP contribution in [0.5, 0.6) is 0 Å². The maximum absolute atomic E-state index is 11.2. The number of halogens is 1. The molecule has 1 aromatic carbocycles. The van der Waals surface area contributed by atoms with Crippen LogP contribution in [0.15, 0.2) is 27.7 Å². The number of hydrogen-bond donors (Lipinski definition) is 1. The standard InChI is InChI=1S/C10H8BrN3O/c11-7-1-2-8-6(3-7)4-14-5-9(15)13-10(14)12-8/h1-3H,4-5H2,(H,12,13,15). The summed E-state index contributed by atoms with van der Waals surface area (Å²) < 4.78 is 1.04. The molecule has 1 fully saturated rings. The van der Waals surface area contributed by atoms with Crippen LogP contribution in [0.2, 0.25) is 0 Å². The number of hydrogen-bond acceptors (Lipinski definition) is 3. The van der Waals surface area contributed by atoms with Crippen molar-refractivity contribution in [2.75, 3.05) is 6.54 Å². The largest absolute Gasteiger partial charge is 0.329 e. The van der Waals surface area contributed by atoms with Gasteiger partial charge in [-0.3, -0.25) is 10.1 Å². The molecule has 0 bridgehead atoms. The van der Waals surface area contributed by atoms with Crippen molar-refractivity contribution in [2.24, 2.45) is 4.99 Å². The Morgan fingerprint density at radius 3 is 3.13 bits per heavy atom. The van der Waals surface area contributed by atoms with Crippen LogP contribution in [0.25, 0.3) is 0 Å². The fraction of sp³-hybridized carbons (Fsp3) is 0.200. The lowest BCUT2D eigenvalue weighted by molar-refractivity contribution is -0.118. The zero-order chi connectivity index (χ0) is 10.4. The summed E-state index contributed by atoms with van der Waals surface area (Å²) >= 11 is 3.43. The first-order chi connectivity index (χ1) is 7.22. The average Bonchev–Trinajstić information content (AvgIpc) is 2.53. The van der Waals surface area contributed by atoms with Gasteiger partial charge in [0.1, 0.15) is 6.54 Å². The second-order valence-electron chi connectivity index (χ2n) is 3.61. The van der Waals surface area contributed by atoms with E-state index in [-0.39, 0.29) is 5.91 Å². The topological polar surface area (TPSA) is 44.7 Å². The SMILES string of the molecule is O=C1CN2Cc3cc(Br)ccc3N=C2N1. The summed E-state index contributed by atoms with van der Waals surface area (Å²) in [5, 5.41) is 2.74. The number of benzene rings is 1. The zero-order valence-electron chi connectivity index (χ0n) is 7.83. The van der Waals surface area contributed by atoms with Crippen LogP contribution in [0.4, 0.5) is 5.69 Å². The molecule has 1 amide bonds. The van der Waals surface area contributed by atoms with E-state index in [0.29, 0.717) is 12.5 Å². The Kier molecular flexibility index (Phi) is 1.82. The van der Waals surface area contributed by atoms with E-state index in [4.69, 9.17) is 0 Å². The van der Waals surface area contributed by atoms with Crippen LogP contribution >= 0.6 is 15.9 Å². The molecule has 1 saturated heterocycles. The fourth-order valence-corrected chi connectivity index (χ4v) is 2.24. The molecule has 4 nitrogen and oxygen atoms in total. The minimum Gasteiger partial charge on any atom is -0.329 e. The van der Waals surface area contributed by atoms with Crippen molar-refractivity contribution in [2.45, 2.75) is 6.54 Å². The van der Waals surface area contributed by atoms with Gasteiger partial charge < -0.3 is 4.90 Å². The molecule has 0 aliphatic carbocycles. The van der Waals surface area contributed by atoms with Crippen molar-refractivity contribution < 1.29 is 4.79 Å². The fourth-order valence-electron chi connectivity index (χ4n) is 1.83. The zero-order valence-corrected chi connectivity index (χ0v) is 9.41. The molecule has 2 aliphatic heterocycles. The van der Waals surface area contributed by atoms with Gasteiger partial charge in [0.2, 0.25) is 11.9 Å². The lowest BCUT2D eigenvalue weighted by atomic mass is 10.1. The molecule has 0 saturated carbocycles. The second-order valence-corrected chi connectivity index (χ2v) is 4.53. The van der Waals surface area contributed by atoms with Crippen LogP contribution in [-0.2, 0) is 11.3 Å². The molecule has 0 spiro atoms. The van der Waals surface area contributed by atoms with E-state index in [1.807, 2.05) is 23.1 Å². The number of aliphatic imine (C=N–C) groups is 1. The number of carbonyl (C=O) groups is 1. The monoisotopic (exact) mass is 265 g/mol. The number of nitrogens with zero attached hydrogens (tertiary/aromatic N) is 2. The molecule has 1 N–H and O–H groups in total. The van der Waals surface area contributed by atoms with Crippen molar-refractivity contribution in [3.05, 3.63) is 28.2 Å². The van der Waals surface area contributed by atoms with E-state index in [0.717, 1.165) is 22.3 Å². The molecule has 0 aromatic heterocycles. The Labute approximate surface area is 95.1 Å². The van der Waals surface area contributed by atoms with Gasteiger partial charge >= 0.3 is 0 Å². The molecule has 76 valence electrons. The first-order valence-corrected chi connectivity index (χ1v) is 5.43. The Hall–Kier alpha value is -1.36. The van der Waals surface area contributed by atoms with E-state index in [2.05, 4.69) is 26.2 Å². The number of amides is 1. The Balaban J connectivity index is 2.06. The van der Waals surface area contributed by atoms with Crippen molar-refractivity contribution in [1.29, 1.82) is 0 Å². The van der Waals surface area contributed by atoms with Crippen LogP contribution in [-0.4, -0.2) is 23.3 Å². The van der Waals surface area contributed by atoms with Gasteiger partial charge in [-0.25, -0.2) is 4.99 Å². The van der Waals surface area contributed by atoms with Gasteiger partial charge in [0, 0.05) is 11.0 Å². The quantitative estimate of drug-likeness (QED) is 0.771. The summed E-state index contributed by atoms with van der Waals surface area (Å²) in [5.74, 6) is 0.690. The van der Waals surface area contributed by atoms with Crippen LogP contribution in [0, 0.1) is 0 Å². The highest BCUT2D eigenvalue weighted by atomic mass is 79.9. The normalized spacial score (nSPS) is 18.1. The molecule has 2 heterocycles. The molecule has 3 rings (SSSR count). The van der Waals surface area contributed by atoms with Gasteiger partial charge in [-0.15, -0.1) is 0 Å². The minimum absolute atomic E-state index is 0.0145. The average molecular weight is 266 g/mol. The number of rotatable bonds is 0. The van der Waals surface area contributed by atoms with Crippen molar-refractivity contribution in [3.8, 4) is 0 Å². The lowest BCUT2D eigenvalue weighted by Crippen LogP contribution is -2.31. The maximum atomic E-state index is 11.2. The number of carbonyl (C=O) groups excluding carboxylic acids is 1. The highest BCUT2D eigenvalue weighted by Gasteiger charge is 2.28. The lowest BCUT2D eigenvalue weighted by Gasteiger charge is -2.22. The molecule has 15 heavy (non-hydrogen) atoms. The summed E-state index contributed by atoms with van der Waals surface area (Å²) in [7, 11) is 0. The first-order valence-electron chi connectivity index (χ1n) is 4.64. The van der Waals surface area contributed by atoms with Gasteiger partial charge in [-0.05, 0) is 23.8 Å². The summed E-state index contributed by atoms with van der Waals surface area (Å²) in [4.78, 5) is 17.5. The number of guanidine groups is 1. The molecule has 5 heteroatoms. The summed E-state index contributed by atoms with van der Waals surface area (Å²) in [5.41, 5.74) is 2.08. The summed E-state index contributed by atoms with van der Waals surface area (Å²) in [6, 6.07) is 5.95. The van der Waals surface area contributed by atoms with Gasteiger partial charge in [0.25, 0.3) is 0 Å². The van der Waals surface area contributed by atoms with E-state index in [1.165, 1.54) is 0 Å². The highest BCUT2D eigenvalue weighted by Crippen LogP contribution is 2.29. The summed E-state index contributed by atoms with van der Waals surface area (Å²) in [6.07, 6.45) is 0. The highest BCUT2D eigenvalue weighted by molar-refractivity contribution is 9.10. The first kappa shape index (κ1) is 8.91. The molecular formula is C10H8BrN3O. The molecule has 0 radical (unpaired) electrons. The van der Waals surface area contributed by atoms with Gasteiger partial charge in [-0.1, -0.05) is 15.9 Å². The van der Waals surface area contributed by atoms with Crippen molar-refractivity contribution >= 4 is 33.5 Å². The van der Waals surface area contributed by atoms with Gasteiger partial charge in [0.15, 0.2) is 0 Å². The van der Waals surface area contributed by atoms with Gasteiger partial charge in [-0.2, -0.15) is 0 Å². The number of fused-ring (bicyclic) bond motifs is 2. The third kappa shape index (κ3) is 1.43. The predicted molar refractivity (Wildman–Crippen MR) is 59.8 cm³/mol. The van der Waals surface area contributed by atoms with E-state index in [9.17, 15) is 4.79 Å². The number of nitrogens with one attached hydrogen (secondary N) is 1. The van der Waals surface area contributed by atoms with Crippen molar-refractivity contribution in [1.82, 2.24) is 10.2 Å². The maximum Gasteiger partial charge on any atom is 0.246 e. The molecule has 1 aromatic rings. The molecular weight excluding hydrogens is 258 g/mol. The van der Waals surface area contributed by atoms with E-state index < -0.39 is 0 Å². The molecule has 0 unspecified atom stereocenters. The van der Waals surface area contributed by atoms with Gasteiger partial charge in [0.05, 0.1) is 5.69 Å². The smallest absolute Gasteiger partial charge is 0.246 e. The Bertz CT molecular complexity index is 484. The van der Waals surface area contributed by atoms with E-state index in [1.54, 1.807) is 0 Å². The minimum atomic E-state index is 0.0145. The molecule has 2 aliphatic rings. The van der Waals surface area contributed by atoms with Crippen molar-refractivity contribution in [3.63, 3.8) is 0 Å². The van der Waals surface area contributed by atoms with Crippen LogP contribution < -0.4 is 5.32 Å². The van der Waals surface area contributed by atoms with E-state index >= 15 is 0 Å². The second kappa shape index (κ2) is 3.06. The Morgan fingerprint density at radius 2 is 2.27 bits per heavy atom. The Morgan fingerprint density at radius 1 is 1.40 bits per heavy atom. The van der Waals surface area contributed by atoms with Crippen LogP contribution in [0.1, 0.15) is 5.56 Å². The third-order valence-corrected chi connectivity index (χ3v) is 3.01. The summed E-state index contributed by atoms with van der Waals surface area (Å²) in [6.45, 7) is 1.15.